The van der Waals surface area contributed by atoms with Crippen molar-refractivity contribution < 1.29 is 9.59 Å². The Morgan fingerprint density at radius 3 is 1.50 bits per heavy atom. The van der Waals surface area contributed by atoms with Crippen LogP contribution in [0.1, 0.15) is 0 Å². The van der Waals surface area contributed by atoms with Crippen molar-refractivity contribution in [1.29, 1.82) is 0 Å². The van der Waals surface area contributed by atoms with Gasteiger partial charge in [0.1, 0.15) is 0 Å². The van der Waals surface area contributed by atoms with Crippen LogP contribution in [0.2, 0.25) is 0 Å². The minimum Gasteiger partial charge on any atom is -0.521 e. The van der Waals surface area contributed by atoms with Crippen molar-refractivity contribution in [2.24, 2.45) is 0 Å². The summed E-state index contributed by atoms with van der Waals surface area (Å²) in [5.41, 5.74) is 0. The third kappa shape index (κ3) is 4.27. The molecular formula is C3H10O2S. The molecule has 0 atom stereocenters. The van der Waals surface area contributed by atoms with Gasteiger partial charge in [-0.25, -0.2) is 0 Å². The van der Waals surface area contributed by atoms with E-state index >= 15 is 0 Å². The Hall–Kier alpha value is 0.270. The van der Waals surface area contributed by atoms with Crippen LogP contribution in [-0.2, 0) is 0 Å². The van der Waals surface area contributed by atoms with Gasteiger partial charge in [-0.3, -0.25) is 0 Å². The van der Waals surface area contributed by atoms with Crippen molar-refractivity contribution in [3.8, 4) is 0 Å². The summed E-state index contributed by atoms with van der Waals surface area (Å²) in [5.74, 6) is 0. The molecule has 40 valence electrons. The van der Waals surface area contributed by atoms with Crippen molar-refractivity contribution >= 4 is 10.3 Å². The van der Waals surface area contributed by atoms with Crippen LogP contribution in [0.3, 0.4) is 0 Å². The molecule has 0 radical (unpaired) electrons. The molecule has 0 aromatic rings. The molecule has 0 aromatic heterocycles. The minimum atomic E-state index is -1.09. The first-order valence-electron chi connectivity index (χ1n) is 1.59. The molecule has 0 saturated heterocycles. The van der Waals surface area contributed by atoms with Crippen molar-refractivity contribution in [3.63, 3.8) is 0 Å². The molecule has 0 aromatic carbocycles. The average molecular weight is 110 g/mol. The summed E-state index contributed by atoms with van der Waals surface area (Å²) in [6, 6.07) is 0. The van der Waals surface area contributed by atoms with Crippen LogP contribution < -0.4 is 5.26 Å². The fourth-order valence-corrected chi connectivity index (χ4v) is 0. The lowest BCUT2D eigenvalue weighted by atomic mass is 11.9. The summed E-state index contributed by atoms with van der Waals surface area (Å²) >= 11 is 0. The maximum absolute atomic E-state index is 9.61. The van der Waals surface area contributed by atoms with Gasteiger partial charge in [-0.1, -0.05) is 0 Å². The van der Waals surface area contributed by atoms with Crippen molar-refractivity contribution in [1.82, 2.24) is 0 Å². The second kappa shape index (κ2) is 1.82. The van der Waals surface area contributed by atoms with Crippen LogP contribution in [0.4, 0.5) is 0 Å². The summed E-state index contributed by atoms with van der Waals surface area (Å²) in [5, 5.41) is 9.61. The van der Waals surface area contributed by atoms with Crippen molar-refractivity contribution in [3.05, 3.63) is 0 Å². The average Bonchev–Trinajstić information content (AvgIpc) is 1.35. The Morgan fingerprint density at radius 1 is 1.33 bits per heavy atom. The van der Waals surface area contributed by atoms with Gasteiger partial charge in [0.05, 0.1) is 0 Å². The molecule has 0 fully saturated rings. The number of hydrogen-bond donors (Lipinski definition) is 0. The molecule has 3 heteroatoms. The number of hydrogen-bond acceptors (Lipinski definition) is 1. The molecule has 0 rings (SSSR count). The summed E-state index contributed by atoms with van der Waals surface area (Å²) in [7, 11) is -1.09. The largest absolute Gasteiger partial charge is 0.521 e. The highest BCUT2D eigenvalue weighted by Crippen LogP contribution is 2.29. The maximum atomic E-state index is 9.61. The van der Waals surface area contributed by atoms with E-state index in [1.165, 1.54) is 0 Å². The highest BCUT2D eigenvalue weighted by molar-refractivity contribution is 8.27. The minimum absolute atomic E-state index is 1.09. The van der Waals surface area contributed by atoms with Crippen LogP contribution in [-0.4, -0.2) is 23.1 Å². The molecule has 0 heterocycles. The Kier molecular flexibility index (Phi) is 1.90. The quantitative estimate of drug-likeness (QED) is 0.265. The van der Waals surface area contributed by atoms with Gasteiger partial charge in [-0.15, -0.1) is 0 Å². The lowest BCUT2D eigenvalue weighted by molar-refractivity contribution is -0.713. The number of rotatable bonds is 1. The monoisotopic (exact) mass is 110 g/mol. The first-order valence-corrected chi connectivity index (χ1v) is 4.40. The van der Waals surface area contributed by atoms with Crippen molar-refractivity contribution in [2.45, 2.75) is 0 Å². The molecular weight excluding hydrogens is 100 g/mol. The van der Waals surface area contributed by atoms with Gasteiger partial charge in [0.25, 0.3) is 0 Å². The molecule has 2 nitrogen and oxygen atoms in total. The lowest BCUT2D eigenvalue weighted by Crippen LogP contribution is -2.14. The second-order valence-corrected chi connectivity index (χ2v) is 5.54. The molecule has 0 saturated carbocycles. The fourth-order valence-electron chi connectivity index (χ4n) is 0. The lowest BCUT2D eigenvalue weighted by Gasteiger charge is -2.20. The summed E-state index contributed by atoms with van der Waals surface area (Å²) < 4.78 is 2.85. The van der Waals surface area contributed by atoms with E-state index in [0.717, 1.165) is 0 Å². The van der Waals surface area contributed by atoms with E-state index in [2.05, 4.69) is 4.33 Å². The molecule has 0 amide bonds. The van der Waals surface area contributed by atoms with Crippen LogP contribution in [0, 0.1) is 0 Å². The Bertz CT molecular complexity index is 38.5. The van der Waals surface area contributed by atoms with E-state index in [1.54, 1.807) is 0 Å². The van der Waals surface area contributed by atoms with E-state index < -0.39 is 10.3 Å². The summed E-state index contributed by atoms with van der Waals surface area (Å²) in [6.07, 6.45) is 5.54. The van der Waals surface area contributed by atoms with Crippen LogP contribution in [0.25, 0.3) is 0 Å². The third-order valence-electron chi connectivity index (χ3n) is 0.224. The Labute approximate surface area is 39.6 Å². The van der Waals surface area contributed by atoms with E-state index in [9.17, 15) is 5.26 Å². The van der Waals surface area contributed by atoms with Gasteiger partial charge in [-0.2, -0.15) is 0 Å². The molecule has 6 heavy (non-hydrogen) atoms. The van der Waals surface area contributed by atoms with Gasteiger partial charge in [0.2, 0.25) is 0 Å². The van der Waals surface area contributed by atoms with Gasteiger partial charge < -0.3 is 9.59 Å². The SMILES string of the molecule is CS(C)(C)[OH+][O-]. The zero-order valence-electron chi connectivity index (χ0n) is 4.26. The van der Waals surface area contributed by atoms with E-state index in [0.29, 0.717) is 0 Å². The van der Waals surface area contributed by atoms with Crippen LogP contribution >= 0.6 is 10.3 Å². The Morgan fingerprint density at radius 2 is 1.50 bits per heavy atom. The predicted molar refractivity (Wildman–Crippen MR) is 28.0 cm³/mol. The van der Waals surface area contributed by atoms with Gasteiger partial charge in [0.15, 0.2) is 0 Å². The molecule has 1 N–H and O–H groups in total. The van der Waals surface area contributed by atoms with E-state index in [4.69, 9.17) is 0 Å². The highest BCUT2D eigenvalue weighted by atomic mass is 32.3. The Balaban J connectivity index is 3.17. The zero-order valence-corrected chi connectivity index (χ0v) is 5.08. The molecule has 0 aliphatic carbocycles. The normalized spacial score (nSPS) is 14.7. The predicted octanol–water partition coefficient (Wildman–Crippen LogP) is -0.0356. The van der Waals surface area contributed by atoms with E-state index in [1.807, 2.05) is 18.8 Å². The van der Waals surface area contributed by atoms with Crippen molar-refractivity contribution in [2.75, 3.05) is 18.8 Å². The van der Waals surface area contributed by atoms with Crippen LogP contribution in [0.15, 0.2) is 0 Å². The third-order valence-corrected chi connectivity index (χ3v) is 0.671. The first kappa shape index (κ1) is 6.27. The molecule has 0 bridgehead atoms. The summed E-state index contributed by atoms with van der Waals surface area (Å²) in [6.45, 7) is 0. The van der Waals surface area contributed by atoms with Gasteiger partial charge >= 0.3 is 0 Å². The van der Waals surface area contributed by atoms with Gasteiger partial charge in [0, 0.05) is 18.8 Å². The molecule has 0 unspecified atom stereocenters. The van der Waals surface area contributed by atoms with E-state index in [-0.39, 0.29) is 0 Å². The highest BCUT2D eigenvalue weighted by Gasteiger charge is 1.99. The second-order valence-electron chi connectivity index (χ2n) is 1.85. The van der Waals surface area contributed by atoms with Crippen LogP contribution in [0.5, 0.6) is 0 Å². The smallest absolute Gasteiger partial charge is 0.0274 e. The molecule has 0 spiro atoms. The summed E-state index contributed by atoms with van der Waals surface area (Å²) in [4.78, 5) is 0. The van der Waals surface area contributed by atoms with Gasteiger partial charge in [-0.05, 0) is 10.3 Å². The molecule has 0 aliphatic heterocycles. The zero-order chi connectivity index (χ0) is 5.21. The fraction of sp³-hybridized carbons (Fsp3) is 1.00. The molecule has 0 aliphatic rings. The first-order chi connectivity index (χ1) is 2.56. The topological polar surface area (TPSA) is 35.9 Å². The standard InChI is InChI=1S/C3H10O2S/c1-6(2,3)5-4/h5H,1-3H3. The maximum Gasteiger partial charge on any atom is 0.0274 e.